The summed E-state index contributed by atoms with van der Waals surface area (Å²) in [6, 6.07) is 2.33. The highest BCUT2D eigenvalue weighted by molar-refractivity contribution is 6.01. The smallest absolute Gasteiger partial charge is 0.311 e. The molecule has 2 N–H and O–H groups in total. The van der Waals surface area contributed by atoms with Crippen LogP contribution in [0.1, 0.15) is 50.9 Å². The molecule has 0 unspecified atom stereocenters. The van der Waals surface area contributed by atoms with Crippen molar-refractivity contribution < 1.29 is 9.90 Å². The van der Waals surface area contributed by atoms with E-state index >= 15 is 0 Å². The van der Waals surface area contributed by atoms with Crippen molar-refractivity contribution in [2.75, 3.05) is 0 Å². The number of nitrogens with one attached hydrogen (secondary N) is 1. The minimum Gasteiger partial charge on any atom is -0.481 e. The number of carbonyl (C=O) groups is 1. The van der Waals surface area contributed by atoms with Gasteiger partial charge >= 0.3 is 5.97 Å². The molecule has 0 radical (unpaired) electrons. The summed E-state index contributed by atoms with van der Waals surface area (Å²) in [4.78, 5) is 23.5. The SMILES string of the molecule is CCC1CCC(n2c(CC(=O)O)nc3cnc4[nH]ccc4c32)CC1. The van der Waals surface area contributed by atoms with Crippen molar-refractivity contribution in [2.24, 2.45) is 5.92 Å². The number of hydrogen-bond donors (Lipinski definition) is 2. The highest BCUT2D eigenvalue weighted by Gasteiger charge is 2.26. The molecular weight excluding hydrogens is 304 g/mol. The first-order valence-corrected chi connectivity index (χ1v) is 8.72. The second kappa shape index (κ2) is 5.92. The van der Waals surface area contributed by atoms with Crippen LogP contribution in [-0.2, 0) is 11.2 Å². The molecule has 0 amide bonds. The van der Waals surface area contributed by atoms with Gasteiger partial charge in [-0.1, -0.05) is 13.3 Å². The van der Waals surface area contributed by atoms with E-state index in [1.807, 2.05) is 12.3 Å². The first-order valence-electron chi connectivity index (χ1n) is 8.72. The molecule has 3 aromatic heterocycles. The summed E-state index contributed by atoms with van der Waals surface area (Å²) in [5.74, 6) is 0.605. The van der Waals surface area contributed by atoms with Crippen molar-refractivity contribution in [2.45, 2.75) is 51.5 Å². The van der Waals surface area contributed by atoms with E-state index < -0.39 is 5.97 Å². The maximum atomic E-state index is 11.3. The van der Waals surface area contributed by atoms with E-state index in [1.54, 1.807) is 6.20 Å². The van der Waals surface area contributed by atoms with Crippen LogP contribution in [0.4, 0.5) is 0 Å². The lowest BCUT2D eigenvalue weighted by molar-refractivity contribution is -0.136. The molecule has 1 saturated carbocycles. The van der Waals surface area contributed by atoms with Gasteiger partial charge in [0.2, 0.25) is 0 Å². The Labute approximate surface area is 139 Å². The van der Waals surface area contributed by atoms with Gasteiger partial charge in [0.25, 0.3) is 0 Å². The van der Waals surface area contributed by atoms with Gasteiger partial charge in [-0.15, -0.1) is 0 Å². The lowest BCUT2D eigenvalue weighted by Crippen LogP contribution is -2.20. The van der Waals surface area contributed by atoms with Gasteiger partial charge in [0.1, 0.15) is 23.4 Å². The molecule has 3 heterocycles. The van der Waals surface area contributed by atoms with Gasteiger partial charge in [0.15, 0.2) is 0 Å². The summed E-state index contributed by atoms with van der Waals surface area (Å²) in [5.41, 5.74) is 2.64. The van der Waals surface area contributed by atoms with Crippen LogP contribution in [0.5, 0.6) is 0 Å². The number of rotatable bonds is 4. The zero-order valence-electron chi connectivity index (χ0n) is 13.8. The molecule has 1 aliphatic rings. The summed E-state index contributed by atoms with van der Waals surface area (Å²) < 4.78 is 2.19. The fraction of sp³-hybridized carbons (Fsp3) is 0.500. The molecule has 3 aromatic rings. The van der Waals surface area contributed by atoms with Crippen molar-refractivity contribution in [3.05, 3.63) is 24.3 Å². The highest BCUT2D eigenvalue weighted by Crippen LogP contribution is 2.37. The van der Waals surface area contributed by atoms with Gasteiger partial charge in [0, 0.05) is 17.6 Å². The molecule has 24 heavy (non-hydrogen) atoms. The number of aromatic amines is 1. The number of H-pyrrole nitrogens is 1. The van der Waals surface area contributed by atoms with E-state index in [2.05, 4.69) is 26.4 Å². The van der Waals surface area contributed by atoms with Crippen molar-refractivity contribution in [3.8, 4) is 0 Å². The molecule has 1 aliphatic carbocycles. The molecule has 126 valence electrons. The van der Waals surface area contributed by atoms with Gasteiger partial charge in [-0.2, -0.15) is 0 Å². The Morgan fingerprint density at radius 1 is 1.38 bits per heavy atom. The standard InChI is InChI=1S/C18H22N4O2/c1-2-11-3-5-12(6-4-11)22-15(9-16(23)24)21-14-10-20-18-13(17(14)22)7-8-19-18/h7-8,10-12H,2-6,9H2,1H3,(H,19,20)(H,23,24). The molecule has 0 atom stereocenters. The van der Waals surface area contributed by atoms with Crippen LogP contribution >= 0.6 is 0 Å². The quantitative estimate of drug-likeness (QED) is 0.766. The average Bonchev–Trinajstić information content (AvgIpc) is 3.17. The number of aromatic nitrogens is 4. The van der Waals surface area contributed by atoms with Crippen LogP contribution in [0.15, 0.2) is 18.5 Å². The third kappa shape index (κ3) is 2.46. The maximum absolute atomic E-state index is 11.3. The number of hydrogen-bond acceptors (Lipinski definition) is 3. The Bertz CT molecular complexity index is 887. The van der Waals surface area contributed by atoms with E-state index in [-0.39, 0.29) is 6.42 Å². The molecule has 0 aliphatic heterocycles. The fourth-order valence-electron chi connectivity index (χ4n) is 4.10. The number of imidazole rings is 1. The summed E-state index contributed by atoms with van der Waals surface area (Å²) in [5, 5.41) is 10.3. The highest BCUT2D eigenvalue weighted by atomic mass is 16.4. The molecule has 0 saturated heterocycles. The third-order valence-corrected chi connectivity index (χ3v) is 5.38. The molecule has 0 aromatic carbocycles. The molecular formula is C18H22N4O2. The Balaban J connectivity index is 1.86. The Morgan fingerprint density at radius 3 is 2.88 bits per heavy atom. The monoisotopic (exact) mass is 326 g/mol. The second-order valence-electron chi connectivity index (χ2n) is 6.78. The van der Waals surface area contributed by atoms with Crippen LogP contribution in [0.2, 0.25) is 0 Å². The van der Waals surface area contributed by atoms with E-state index in [0.717, 1.165) is 40.8 Å². The summed E-state index contributed by atoms with van der Waals surface area (Å²) in [7, 11) is 0. The molecule has 6 heteroatoms. The van der Waals surface area contributed by atoms with Crippen LogP contribution < -0.4 is 0 Å². The minimum absolute atomic E-state index is 0.0473. The fourth-order valence-corrected chi connectivity index (χ4v) is 4.10. The number of pyridine rings is 1. The number of carboxylic acids is 1. The topological polar surface area (TPSA) is 83.8 Å². The number of fused-ring (bicyclic) bond motifs is 3. The van der Waals surface area contributed by atoms with Crippen molar-refractivity contribution in [1.29, 1.82) is 0 Å². The zero-order chi connectivity index (χ0) is 16.7. The summed E-state index contributed by atoms with van der Waals surface area (Å²) in [6.07, 6.45) is 9.38. The van der Waals surface area contributed by atoms with Crippen molar-refractivity contribution in [1.82, 2.24) is 19.5 Å². The summed E-state index contributed by atoms with van der Waals surface area (Å²) >= 11 is 0. The lowest BCUT2D eigenvalue weighted by Gasteiger charge is -2.30. The Kier molecular flexibility index (Phi) is 3.75. The van der Waals surface area contributed by atoms with Gasteiger partial charge in [-0.05, 0) is 37.7 Å². The van der Waals surface area contributed by atoms with Crippen LogP contribution in [0, 0.1) is 5.92 Å². The normalized spacial score (nSPS) is 21.5. The average molecular weight is 326 g/mol. The largest absolute Gasteiger partial charge is 0.481 e. The van der Waals surface area contributed by atoms with Gasteiger partial charge in [-0.3, -0.25) is 4.79 Å². The first-order chi connectivity index (χ1) is 11.7. The van der Waals surface area contributed by atoms with E-state index in [1.165, 1.54) is 19.3 Å². The van der Waals surface area contributed by atoms with Gasteiger partial charge < -0.3 is 14.7 Å². The van der Waals surface area contributed by atoms with Crippen LogP contribution in [0.25, 0.3) is 22.1 Å². The van der Waals surface area contributed by atoms with Crippen molar-refractivity contribution in [3.63, 3.8) is 0 Å². The third-order valence-electron chi connectivity index (χ3n) is 5.38. The van der Waals surface area contributed by atoms with Crippen molar-refractivity contribution >= 4 is 28.0 Å². The Morgan fingerprint density at radius 2 is 2.17 bits per heavy atom. The molecule has 0 bridgehead atoms. The first kappa shape index (κ1) is 15.2. The van der Waals surface area contributed by atoms with Crippen LogP contribution in [-0.4, -0.2) is 30.6 Å². The second-order valence-corrected chi connectivity index (χ2v) is 6.78. The van der Waals surface area contributed by atoms with Gasteiger partial charge in [0.05, 0.1) is 11.7 Å². The number of aliphatic carboxylic acids is 1. The molecule has 1 fully saturated rings. The number of nitrogens with zero attached hydrogens (tertiary/aromatic N) is 3. The molecule has 4 rings (SSSR count). The Hall–Kier alpha value is -2.37. The minimum atomic E-state index is -0.841. The van der Waals surface area contributed by atoms with E-state index in [9.17, 15) is 9.90 Å². The lowest BCUT2D eigenvalue weighted by atomic mass is 9.84. The summed E-state index contributed by atoms with van der Waals surface area (Å²) in [6.45, 7) is 2.25. The van der Waals surface area contributed by atoms with E-state index in [4.69, 9.17) is 0 Å². The maximum Gasteiger partial charge on any atom is 0.311 e. The zero-order valence-corrected chi connectivity index (χ0v) is 13.8. The van der Waals surface area contributed by atoms with Crippen LogP contribution in [0.3, 0.4) is 0 Å². The molecule has 6 nitrogen and oxygen atoms in total. The predicted octanol–water partition coefficient (Wildman–Crippen LogP) is 3.68. The molecule has 0 spiro atoms. The van der Waals surface area contributed by atoms with Gasteiger partial charge in [-0.25, -0.2) is 9.97 Å². The predicted molar refractivity (Wildman–Crippen MR) is 92.0 cm³/mol. The number of carboxylic acid groups (broad SMARTS) is 1. The van der Waals surface area contributed by atoms with E-state index in [0.29, 0.717) is 11.9 Å².